The molecule has 1 saturated heterocycles. The summed E-state index contributed by atoms with van der Waals surface area (Å²) in [6.45, 7) is 4.32. The Morgan fingerprint density at radius 3 is 2.53 bits per heavy atom. The van der Waals surface area contributed by atoms with Gasteiger partial charge in [-0.1, -0.05) is 6.92 Å². The molecule has 0 atom stereocenters. The van der Waals surface area contributed by atoms with Crippen LogP contribution in [0.25, 0.3) is 0 Å². The minimum Gasteiger partial charge on any atom is -0.493 e. The molecule has 3 nitrogen and oxygen atoms in total. The summed E-state index contributed by atoms with van der Waals surface area (Å²) in [7, 11) is 0. The Labute approximate surface area is 89.0 Å². The molecule has 1 aromatic rings. The van der Waals surface area contributed by atoms with Crippen LogP contribution in [-0.2, 0) is 4.74 Å². The van der Waals surface area contributed by atoms with Gasteiger partial charge in [-0.25, -0.2) is 0 Å². The van der Waals surface area contributed by atoms with Gasteiger partial charge in [0.2, 0.25) is 0 Å². The van der Waals surface area contributed by atoms with E-state index in [1.807, 2.05) is 12.1 Å². The summed E-state index contributed by atoms with van der Waals surface area (Å²) >= 11 is 0. The quantitative estimate of drug-likeness (QED) is 0.706. The molecule has 0 amide bonds. The summed E-state index contributed by atoms with van der Waals surface area (Å²) in [6.07, 6.45) is 0.824. The minimum absolute atomic E-state index is 0.156. The van der Waals surface area contributed by atoms with E-state index >= 15 is 0 Å². The standard InChI is InChI=1S/C12H14O3/c1-12(7-14-8-12)9-15-11-4-2-10(6-13)3-5-11/h2-6H,7-9H2,1H3. The Hall–Kier alpha value is -1.35. The van der Waals surface area contributed by atoms with Crippen LogP contribution in [0.3, 0.4) is 0 Å². The van der Waals surface area contributed by atoms with E-state index in [0.29, 0.717) is 12.2 Å². The van der Waals surface area contributed by atoms with E-state index in [1.165, 1.54) is 0 Å². The molecule has 1 aliphatic rings. The van der Waals surface area contributed by atoms with Gasteiger partial charge in [0.05, 0.1) is 19.8 Å². The van der Waals surface area contributed by atoms with E-state index in [0.717, 1.165) is 25.2 Å². The van der Waals surface area contributed by atoms with Crippen molar-refractivity contribution in [1.29, 1.82) is 0 Å². The van der Waals surface area contributed by atoms with Crippen LogP contribution in [0.1, 0.15) is 17.3 Å². The lowest BCUT2D eigenvalue weighted by atomic mass is 9.90. The van der Waals surface area contributed by atoms with E-state index < -0.39 is 0 Å². The molecule has 2 rings (SSSR count). The second-order valence-corrected chi connectivity index (χ2v) is 4.28. The van der Waals surface area contributed by atoms with Crippen molar-refractivity contribution in [3.05, 3.63) is 29.8 Å². The number of carbonyl (C=O) groups is 1. The Bertz CT molecular complexity index is 338. The second kappa shape index (κ2) is 4.03. The highest BCUT2D eigenvalue weighted by Crippen LogP contribution is 2.27. The Morgan fingerprint density at radius 2 is 2.07 bits per heavy atom. The Morgan fingerprint density at radius 1 is 1.40 bits per heavy atom. The van der Waals surface area contributed by atoms with Crippen LogP contribution in [-0.4, -0.2) is 26.1 Å². The van der Waals surface area contributed by atoms with Gasteiger partial charge in [0.1, 0.15) is 12.0 Å². The molecule has 0 radical (unpaired) electrons. The van der Waals surface area contributed by atoms with Gasteiger partial charge in [0.25, 0.3) is 0 Å². The normalized spacial score (nSPS) is 17.9. The highest BCUT2D eigenvalue weighted by molar-refractivity contribution is 5.74. The predicted molar refractivity (Wildman–Crippen MR) is 56.3 cm³/mol. The maximum absolute atomic E-state index is 10.4. The van der Waals surface area contributed by atoms with E-state index in [-0.39, 0.29) is 5.41 Å². The monoisotopic (exact) mass is 206 g/mol. The van der Waals surface area contributed by atoms with Gasteiger partial charge in [-0.2, -0.15) is 0 Å². The van der Waals surface area contributed by atoms with Gasteiger partial charge in [-0.05, 0) is 24.3 Å². The van der Waals surface area contributed by atoms with Gasteiger partial charge in [0, 0.05) is 11.0 Å². The second-order valence-electron chi connectivity index (χ2n) is 4.28. The summed E-state index contributed by atoms with van der Waals surface area (Å²) in [5, 5.41) is 0. The minimum atomic E-state index is 0.156. The van der Waals surface area contributed by atoms with Gasteiger partial charge >= 0.3 is 0 Å². The smallest absolute Gasteiger partial charge is 0.150 e. The van der Waals surface area contributed by atoms with Crippen LogP contribution >= 0.6 is 0 Å². The van der Waals surface area contributed by atoms with Gasteiger partial charge < -0.3 is 9.47 Å². The van der Waals surface area contributed by atoms with E-state index in [9.17, 15) is 4.79 Å². The molecule has 0 aliphatic carbocycles. The molecule has 0 spiro atoms. The number of rotatable bonds is 4. The summed E-state index contributed by atoms with van der Waals surface area (Å²) in [5.74, 6) is 0.800. The first-order chi connectivity index (χ1) is 7.22. The van der Waals surface area contributed by atoms with Crippen LogP contribution in [0.5, 0.6) is 5.75 Å². The highest BCUT2D eigenvalue weighted by atomic mass is 16.5. The molecular formula is C12H14O3. The maximum Gasteiger partial charge on any atom is 0.150 e. The van der Waals surface area contributed by atoms with Crippen molar-refractivity contribution in [2.45, 2.75) is 6.92 Å². The molecule has 0 bridgehead atoms. The van der Waals surface area contributed by atoms with Crippen molar-refractivity contribution in [1.82, 2.24) is 0 Å². The van der Waals surface area contributed by atoms with Crippen molar-refractivity contribution < 1.29 is 14.3 Å². The van der Waals surface area contributed by atoms with Crippen LogP contribution in [0.4, 0.5) is 0 Å². The number of ether oxygens (including phenoxy) is 2. The molecule has 3 heteroatoms. The molecule has 0 aromatic heterocycles. The topological polar surface area (TPSA) is 35.5 Å². The molecule has 1 aliphatic heterocycles. The van der Waals surface area contributed by atoms with E-state index in [2.05, 4.69) is 6.92 Å². The molecule has 1 aromatic carbocycles. The van der Waals surface area contributed by atoms with Crippen LogP contribution in [0, 0.1) is 5.41 Å². The van der Waals surface area contributed by atoms with Gasteiger partial charge in [-0.15, -0.1) is 0 Å². The summed E-state index contributed by atoms with van der Waals surface area (Å²) in [5.41, 5.74) is 0.823. The van der Waals surface area contributed by atoms with Crippen LogP contribution < -0.4 is 4.74 Å². The molecule has 0 N–H and O–H groups in total. The SMILES string of the molecule is CC1(COc2ccc(C=O)cc2)COC1. The molecule has 15 heavy (non-hydrogen) atoms. The maximum atomic E-state index is 10.4. The molecule has 80 valence electrons. The zero-order valence-corrected chi connectivity index (χ0v) is 8.73. The van der Waals surface area contributed by atoms with E-state index in [1.54, 1.807) is 12.1 Å². The highest BCUT2D eigenvalue weighted by Gasteiger charge is 2.34. The summed E-state index contributed by atoms with van der Waals surface area (Å²) in [6, 6.07) is 7.13. The van der Waals surface area contributed by atoms with Crippen molar-refractivity contribution in [3.8, 4) is 5.75 Å². The zero-order chi connectivity index (χ0) is 10.7. The fourth-order valence-corrected chi connectivity index (χ4v) is 1.43. The summed E-state index contributed by atoms with van der Waals surface area (Å²) < 4.78 is 10.8. The third-order valence-electron chi connectivity index (χ3n) is 2.50. The van der Waals surface area contributed by atoms with Crippen molar-refractivity contribution in [2.75, 3.05) is 19.8 Å². The average Bonchev–Trinajstić information content (AvgIpc) is 2.24. The predicted octanol–water partition coefficient (Wildman–Crippen LogP) is 1.91. The number of hydrogen-bond donors (Lipinski definition) is 0. The number of benzene rings is 1. The molecule has 0 unspecified atom stereocenters. The lowest BCUT2D eigenvalue weighted by Crippen LogP contribution is -2.44. The Balaban J connectivity index is 1.90. The zero-order valence-electron chi connectivity index (χ0n) is 8.73. The van der Waals surface area contributed by atoms with Gasteiger partial charge in [0.15, 0.2) is 0 Å². The first-order valence-corrected chi connectivity index (χ1v) is 4.98. The first kappa shape index (κ1) is 10.2. The molecule has 1 heterocycles. The molecular weight excluding hydrogens is 192 g/mol. The Kier molecular flexibility index (Phi) is 2.73. The van der Waals surface area contributed by atoms with Gasteiger partial charge in [-0.3, -0.25) is 4.79 Å². The number of carbonyl (C=O) groups excluding carboxylic acids is 1. The third kappa shape index (κ3) is 2.36. The van der Waals surface area contributed by atoms with Crippen LogP contribution in [0.2, 0.25) is 0 Å². The first-order valence-electron chi connectivity index (χ1n) is 4.98. The molecule has 0 saturated carbocycles. The van der Waals surface area contributed by atoms with E-state index in [4.69, 9.17) is 9.47 Å². The lowest BCUT2D eigenvalue weighted by Gasteiger charge is -2.37. The van der Waals surface area contributed by atoms with Crippen molar-refractivity contribution in [2.24, 2.45) is 5.41 Å². The largest absolute Gasteiger partial charge is 0.493 e. The lowest BCUT2D eigenvalue weighted by molar-refractivity contribution is -0.120. The number of hydrogen-bond acceptors (Lipinski definition) is 3. The fourth-order valence-electron chi connectivity index (χ4n) is 1.43. The van der Waals surface area contributed by atoms with Crippen molar-refractivity contribution in [3.63, 3.8) is 0 Å². The summed E-state index contributed by atoms with van der Waals surface area (Å²) in [4.78, 5) is 10.4. The average molecular weight is 206 g/mol. The molecule has 1 fully saturated rings. The number of aldehydes is 1. The fraction of sp³-hybridized carbons (Fsp3) is 0.417. The third-order valence-corrected chi connectivity index (χ3v) is 2.50. The van der Waals surface area contributed by atoms with Crippen LogP contribution in [0.15, 0.2) is 24.3 Å². The van der Waals surface area contributed by atoms with Crippen molar-refractivity contribution >= 4 is 6.29 Å².